The van der Waals surface area contributed by atoms with E-state index in [9.17, 15) is 4.79 Å². The van der Waals surface area contributed by atoms with Gasteiger partial charge in [-0.2, -0.15) is 0 Å². The van der Waals surface area contributed by atoms with Gasteiger partial charge in [-0.05, 0) is 18.6 Å². The summed E-state index contributed by atoms with van der Waals surface area (Å²) in [6, 6.07) is 5.43. The number of rotatable bonds is 3. The van der Waals surface area contributed by atoms with Crippen molar-refractivity contribution in [3.8, 4) is 0 Å². The van der Waals surface area contributed by atoms with Gasteiger partial charge < -0.3 is 4.74 Å². The number of hydrogen-bond donors (Lipinski definition) is 0. The molecule has 1 aromatic heterocycles. The topological polar surface area (TPSA) is 39.2 Å². The summed E-state index contributed by atoms with van der Waals surface area (Å²) in [5, 5.41) is 1.34. The summed E-state index contributed by atoms with van der Waals surface area (Å²) in [5.41, 5.74) is 1.75. The molecular formula is C14H12ClNO2. The van der Waals surface area contributed by atoms with Gasteiger partial charge in [0.1, 0.15) is 0 Å². The molecule has 2 aromatic rings. The summed E-state index contributed by atoms with van der Waals surface area (Å²) in [5.74, 6) is -0.401. The Bertz CT molecular complexity index is 622. The van der Waals surface area contributed by atoms with E-state index in [2.05, 4.69) is 11.6 Å². The molecule has 92 valence electrons. The number of carbonyl (C=O) groups excluding carboxylic acids is 1. The van der Waals surface area contributed by atoms with E-state index < -0.39 is 5.97 Å². The van der Waals surface area contributed by atoms with Crippen LogP contribution in [-0.2, 0) is 4.74 Å². The molecule has 0 bridgehead atoms. The monoisotopic (exact) mass is 261 g/mol. The van der Waals surface area contributed by atoms with Crippen molar-refractivity contribution < 1.29 is 9.53 Å². The number of carbonyl (C=O) groups is 1. The summed E-state index contributed by atoms with van der Waals surface area (Å²) >= 11 is 6.07. The second-order valence-electron chi connectivity index (χ2n) is 3.65. The van der Waals surface area contributed by atoms with E-state index >= 15 is 0 Å². The molecule has 0 amide bonds. The molecule has 0 aliphatic rings. The van der Waals surface area contributed by atoms with Crippen LogP contribution in [0.1, 0.15) is 22.8 Å². The van der Waals surface area contributed by atoms with Gasteiger partial charge in [0.15, 0.2) is 0 Å². The van der Waals surface area contributed by atoms with Crippen molar-refractivity contribution in [2.45, 2.75) is 6.92 Å². The van der Waals surface area contributed by atoms with Crippen LogP contribution in [0.3, 0.4) is 0 Å². The highest BCUT2D eigenvalue weighted by Crippen LogP contribution is 2.27. The van der Waals surface area contributed by atoms with Gasteiger partial charge in [-0.15, -0.1) is 0 Å². The maximum Gasteiger partial charge on any atom is 0.340 e. The van der Waals surface area contributed by atoms with Gasteiger partial charge in [0.25, 0.3) is 0 Å². The highest BCUT2D eigenvalue weighted by atomic mass is 35.5. The first kappa shape index (κ1) is 12.6. The number of para-hydroxylation sites is 1. The van der Waals surface area contributed by atoms with Gasteiger partial charge in [-0.3, -0.25) is 4.98 Å². The summed E-state index contributed by atoms with van der Waals surface area (Å²) < 4.78 is 4.99. The molecule has 2 rings (SSSR count). The zero-order valence-corrected chi connectivity index (χ0v) is 10.7. The van der Waals surface area contributed by atoms with Crippen LogP contribution >= 0.6 is 11.6 Å². The third-order valence-corrected chi connectivity index (χ3v) is 2.89. The number of aromatic nitrogens is 1. The first-order valence-electron chi connectivity index (χ1n) is 5.55. The number of halogens is 1. The Morgan fingerprint density at radius 1 is 1.56 bits per heavy atom. The zero-order chi connectivity index (χ0) is 13.1. The second-order valence-corrected chi connectivity index (χ2v) is 4.05. The normalized spacial score (nSPS) is 10.3. The molecule has 0 N–H and O–H groups in total. The highest BCUT2D eigenvalue weighted by Gasteiger charge is 2.15. The molecule has 1 aromatic carbocycles. The second kappa shape index (κ2) is 5.19. The quantitative estimate of drug-likeness (QED) is 0.791. The van der Waals surface area contributed by atoms with Crippen LogP contribution < -0.4 is 0 Å². The molecule has 0 saturated heterocycles. The van der Waals surface area contributed by atoms with Crippen molar-refractivity contribution in [1.29, 1.82) is 0 Å². The SMILES string of the molecule is C=Cc1c(C(=O)OCC)cnc2c(Cl)cccc12. The standard InChI is InChI=1S/C14H12ClNO2/c1-3-9-10-6-5-7-12(15)13(10)16-8-11(9)14(17)18-4-2/h3,5-8H,1,4H2,2H3. The van der Waals surface area contributed by atoms with Crippen LogP contribution in [0.25, 0.3) is 17.0 Å². The van der Waals surface area contributed by atoms with Crippen LogP contribution in [0.4, 0.5) is 0 Å². The third kappa shape index (κ3) is 2.09. The zero-order valence-electron chi connectivity index (χ0n) is 9.94. The number of ether oxygens (including phenoxy) is 1. The van der Waals surface area contributed by atoms with Crippen LogP contribution in [-0.4, -0.2) is 17.6 Å². The molecule has 0 atom stereocenters. The molecular weight excluding hydrogens is 250 g/mol. The van der Waals surface area contributed by atoms with Gasteiger partial charge in [0.05, 0.1) is 22.7 Å². The number of pyridine rings is 1. The van der Waals surface area contributed by atoms with Crippen LogP contribution in [0.2, 0.25) is 5.02 Å². The molecule has 0 radical (unpaired) electrons. The van der Waals surface area contributed by atoms with Crippen molar-refractivity contribution >= 4 is 34.5 Å². The van der Waals surface area contributed by atoms with E-state index in [1.54, 1.807) is 19.1 Å². The van der Waals surface area contributed by atoms with Gasteiger partial charge in [-0.25, -0.2) is 4.79 Å². The van der Waals surface area contributed by atoms with Gasteiger partial charge in [0, 0.05) is 11.6 Å². The van der Waals surface area contributed by atoms with Crippen molar-refractivity contribution in [2.75, 3.05) is 6.61 Å². The highest BCUT2D eigenvalue weighted by molar-refractivity contribution is 6.35. The molecule has 0 unspecified atom stereocenters. The molecule has 3 nitrogen and oxygen atoms in total. The molecule has 4 heteroatoms. The van der Waals surface area contributed by atoms with Crippen molar-refractivity contribution in [1.82, 2.24) is 4.98 Å². The predicted octanol–water partition coefficient (Wildman–Crippen LogP) is 3.71. The summed E-state index contributed by atoms with van der Waals surface area (Å²) in [6.45, 7) is 5.82. The molecule has 0 aliphatic carbocycles. The fraction of sp³-hybridized carbons (Fsp3) is 0.143. The van der Waals surface area contributed by atoms with Crippen molar-refractivity contribution in [3.05, 3.63) is 47.1 Å². The van der Waals surface area contributed by atoms with Gasteiger partial charge >= 0.3 is 5.97 Å². The lowest BCUT2D eigenvalue weighted by molar-refractivity contribution is 0.0526. The lowest BCUT2D eigenvalue weighted by Crippen LogP contribution is -2.07. The molecule has 1 heterocycles. The summed E-state index contributed by atoms with van der Waals surface area (Å²) in [6.07, 6.45) is 3.09. The first-order valence-corrected chi connectivity index (χ1v) is 5.93. The number of esters is 1. The molecule has 0 saturated carbocycles. The van der Waals surface area contributed by atoms with Crippen molar-refractivity contribution in [2.24, 2.45) is 0 Å². The minimum absolute atomic E-state index is 0.322. The number of nitrogens with zero attached hydrogens (tertiary/aromatic N) is 1. The van der Waals surface area contributed by atoms with E-state index in [0.29, 0.717) is 28.3 Å². The lowest BCUT2D eigenvalue weighted by atomic mass is 10.0. The smallest absolute Gasteiger partial charge is 0.340 e. The summed E-state index contributed by atoms with van der Waals surface area (Å²) in [4.78, 5) is 16.0. The minimum Gasteiger partial charge on any atom is -0.462 e. The fourth-order valence-corrected chi connectivity index (χ4v) is 2.02. The Labute approximate surface area is 110 Å². The third-order valence-electron chi connectivity index (χ3n) is 2.59. The van der Waals surface area contributed by atoms with Crippen molar-refractivity contribution in [3.63, 3.8) is 0 Å². The number of benzene rings is 1. The van der Waals surface area contributed by atoms with Crippen LogP contribution in [0.15, 0.2) is 31.0 Å². The Hall–Kier alpha value is -1.87. The molecule has 0 spiro atoms. The maximum atomic E-state index is 11.8. The first-order chi connectivity index (χ1) is 8.69. The fourth-order valence-electron chi connectivity index (χ4n) is 1.80. The Kier molecular flexibility index (Phi) is 3.63. The molecule has 0 aliphatic heterocycles. The minimum atomic E-state index is -0.401. The van der Waals surface area contributed by atoms with Gasteiger partial charge in [0.2, 0.25) is 0 Å². The largest absolute Gasteiger partial charge is 0.462 e. The van der Waals surface area contributed by atoms with Crippen LogP contribution in [0.5, 0.6) is 0 Å². The van der Waals surface area contributed by atoms with E-state index in [1.807, 2.05) is 12.1 Å². The average molecular weight is 262 g/mol. The average Bonchev–Trinajstić information content (AvgIpc) is 2.38. The Morgan fingerprint density at radius 2 is 2.33 bits per heavy atom. The number of fused-ring (bicyclic) bond motifs is 1. The van der Waals surface area contributed by atoms with Gasteiger partial charge in [-0.1, -0.05) is 36.4 Å². The lowest BCUT2D eigenvalue weighted by Gasteiger charge is -2.09. The van der Waals surface area contributed by atoms with E-state index in [0.717, 1.165) is 5.39 Å². The number of hydrogen-bond acceptors (Lipinski definition) is 3. The predicted molar refractivity (Wildman–Crippen MR) is 72.8 cm³/mol. The van der Waals surface area contributed by atoms with E-state index in [4.69, 9.17) is 16.3 Å². The van der Waals surface area contributed by atoms with E-state index in [-0.39, 0.29) is 0 Å². The Balaban J connectivity index is 2.70. The summed E-state index contributed by atoms with van der Waals surface area (Å²) in [7, 11) is 0. The Morgan fingerprint density at radius 3 is 3.00 bits per heavy atom. The van der Waals surface area contributed by atoms with Crippen LogP contribution in [0, 0.1) is 0 Å². The maximum absolute atomic E-state index is 11.8. The van der Waals surface area contributed by atoms with E-state index in [1.165, 1.54) is 6.20 Å². The molecule has 18 heavy (non-hydrogen) atoms. The molecule has 0 fully saturated rings.